The lowest BCUT2D eigenvalue weighted by Gasteiger charge is -2.11. The van der Waals surface area contributed by atoms with Crippen LogP contribution >= 0.6 is 0 Å². The second-order valence-electron chi connectivity index (χ2n) is 4.85. The Balaban J connectivity index is 1.83. The lowest BCUT2D eigenvalue weighted by atomic mass is 10.2. The molecular formula is C17H13F2NO4. The topological polar surface area (TPSA) is 60.7 Å². The number of hydrogen-bond donors (Lipinski definition) is 1. The van der Waals surface area contributed by atoms with Gasteiger partial charge in [-0.1, -0.05) is 18.2 Å². The zero-order valence-corrected chi connectivity index (χ0v) is 12.6. The number of furan rings is 1. The number of para-hydroxylation sites is 1. The highest BCUT2D eigenvalue weighted by Crippen LogP contribution is 2.31. The molecule has 0 aliphatic carbocycles. The summed E-state index contributed by atoms with van der Waals surface area (Å²) in [6.45, 7) is -3.00. The Kier molecular flexibility index (Phi) is 4.33. The van der Waals surface area contributed by atoms with E-state index in [4.69, 9.17) is 9.15 Å². The summed E-state index contributed by atoms with van der Waals surface area (Å²) in [4.78, 5) is 12.2. The van der Waals surface area contributed by atoms with Gasteiger partial charge < -0.3 is 19.2 Å². The molecule has 0 saturated heterocycles. The van der Waals surface area contributed by atoms with Crippen LogP contribution in [0.2, 0.25) is 0 Å². The third kappa shape index (κ3) is 3.29. The van der Waals surface area contributed by atoms with Gasteiger partial charge in [-0.25, -0.2) is 0 Å². The summed E-state index contributed by atoms with van der Waals surface area (Å²) in [6.07, 6.45) is 0. The Morgan fingerprint density at radius 3 is 2.62 bits per heavy atom. The summed E-state index contributed by atoms with van der Waals surface area (Å²) in [7, 11) is 1.33. The molecule has 1 N–H and O–H groups in total. The molecule has 3 aromatic rings. The second-order valence-corrected chi connectivity index (χ2v) is 4.85. The molecule has 0 atom stereocenters. The molecule has 7 heteroatoms. The number of ether oxygens (including phenoxy) is 2. The van der Waals surface area contributed by atoms with Gasteiger partial charge in [0.2, 0.25) is 0 Å². The number of nitrogens with one attached hydrogen (secondary N) is 1. The number of carbonyl (C=O) groups excluding carboxylic acids is 1. The molecule has 0 bridgehead atoms. The molecule has 0 aliphatic heterocycles. The van der Waals surface area contributed by atoms with E-state index in [9.17, 15) is 13.6 Å². The Bertz CT molecular complexity index is 843. The molecule has 0 aliphatic rings. The van der Waals surface area contributed by atoms with Crippen molar-refractivity contribution in [1.82, 2.24) is 0 Å². The van der Waals surface area contributed by atoms with Gasteiger partial charge >= 0.3 is 6.61 Å². The minimum Gasteiger partial charge on any atom is -0.493 e. The van der Waals surface area contributed by atoms with E-state index in [1.54, 1.807) is 18.2 Å². The van der Waals surface area contributed by atoms with Crippen LogP contribution in [0.5, 0.6) is 11.5 Å². The molecule has 0 spiro atoms. The highest BCUT2D eigenvalue weighted by atomic mass is 19.3. The van der Waals surface area contributed by atoms with Gasteiger partial charge in [0.15, 0.2) is 17.3 Å². The number of amides is 1. The summed E-state index contributed by atoms with van der Waals surface area (Å²) in [5, 5.41) is 3.36. The van der Waals surface area contributed by atoms with Crippen molar-refractivity contribution < 1.29 is 27.5 Å². The number of rotatable bonds is 5. The van der Waals surface area contributed by atoms with E-state index in [-0.39, 0.29) is 22.9 Å². The Labute approximate surface area is 135 Å². The van der Waals surface area contributed by atoms with Gasteiger partial charge in [0.1, 0.15) is 5.58 Å². The number of alkyl halides is 2. The first-order valence-electron chi connectivity index (χ1n) is 6.99. The average molecular weight is 333 g/mol. The summed E-state index contributed by atoms with van der Waals surface area (Å²) < 4.78 is 39.6. The highest BCUT2D eigenvalue weighted by molar-refractivity contribution is 6.04. The predicted octanol–water partition coefficient (Wildman–Crippen LogP) is 4.30. The number of hydrogen-bond acceptors (Lipinski definition) is 4. The van der Waals surface area contributed by atoms with Crippen LogP contribution in [0.25, 0.3) is 11.0 Å². The first-order valence-corrected chi connectivity index (χ1v) is 6.99. The van der Waals surface area contributed by atoms with E-state index in [2.05, 4.69) is 10.1 Å². The summed E-state index contributed by atoms with van der Waals surface area (Å²) in [5.41, 5.74) is 0.857. The first-order chi connectivity index (χ1) is 11.6. The zero-order valence-electron chi connectivity index (χ0n) is 12.6. The Morgan fingerprint density at radius 2 is 1.92 bits per heavy atom. The lowest BCUT2D eigenvalue weighted by molar-refractivity contribution is -0.0511. The second kappa shape index (κ2) is 6.57. The molecule has 0 unspecified atom stereocenters. The van der Waals surface area contributed by atoms with Gasteiger partial charge in [0, 0.05) is 17.1 Å². The van der Waals surface area contributed by atoms with Crippen molar-refractivity contribution >= 4 is 22.6 Å². The third-order valence-corrected chi connectivity index (χ3v) is 3.29. The zero-order chi connectivity index (χ0) is 17.1. The number of benzene rings is 2. The average Bonchev–Trinajstić information content (AvgIpc) is 2.99. The maximum absolute atomic E-state index is 12.4. The fraction of sp³-hybridized carbons (Fsp3) is 0.118. The van der Waals surface area contributed by atoms with Gasteiger partial charge in [-0.2, -0.15) is 8.78 Å². The third-order valence-electron chi connectivity index (χ3n) is 3.29. The van der Waals surface area contributed by atoms with Gasteiger partial charge in [0.25, 0.3) is 5.91 Å². The van der Waals surface area contributed by atoms with Gasteiger partial charge in [0.05, 0.1) is 7.11 Å². The number of anilines is 1. The molecule has 5 nitrogen and oxygen atoms in total. The van der Waals surface area contributed by atoms with Crippen molar-refractivity contribution in [3.05, 3.63) is 54.3 Å². The van der Waals surface area contributed by atoms with Crippen LogP contribution < -0.4 is 14.8 Å². The van der Waals surface area contributed by atoms with Gasteiger partial charge in [-0.3, -0.25) is 4.79 Å². The van der Waals surface area contributed by atoms with Crippen LogP contribution in [0.4, 0.5) is 14.5 Å². The first kappa shape index (κ1) is 15.8. The van der Waals surface area contributed by atoms with Crippen LogP contribution in [0.3, 0.4) is 0 Å². The minimum absolute atomic E-state index is 0.114. The van der Waals surface area contributed by atoms with Crippen LogP contribution in [-0.2, 0) is 0 Å². The molecule has 0 radical (unpaired) electrons. The van der Waals surface area contributed by atoms with E-state index in [0.29, 0.717) is 5.58 Å². The Hall–Kier alpha value is -3.09. The van der Waals surface area contributed by atoms with Crippen molar-refractivity contribution in [2.45, 2.75) is 6.61 Å². The summed E-state index contributed by atoms with van der Waals surface area (Å²) >= 11 is 0. The molecule has 124 valence electrons. The molecule has 1 amide bonds. The molecule has 0 fully saturated rings. The van der Waals surface area contributed by atoms with Crippen molar-refractivity contribution in [2.24, 2.45) is 0 Å². The molecular weight excluding hydrogens is 320 g/mol. The number of halogens is 2. The predicted molar refractivity (Wildman–Crippen MR) is 83.8 cm³/mol. The SMILES string of the molecule is COc1ccc(NC(=O)c2cc3ccccc3o2)cc1OC(F)F. The lowest BCUT2D eigenvalue weighted by Crippen LogP contribution is -2.11. The van der Waals surface area contributed by atoms with Crippen LogP contribution in [0.15, 0.2) is 52.9 Å². The van der Waals surface area contributed by atoms with Crippen molar-refractivity contribution in [2.75, 3.05) is 12.4 Å². The van der Waals surface area contributed by atoms with Crippen LogP contribution in [-0.4, -0.2) is 19.6 Å². The van der Waals surface area contributed by atoms with Crippen molar-refractivity contribution in [3.63, 3.8) is 0 Å². The smallest absolute Gasteiger partial charge is 0.387 e. The van der Waals surface area contributed by atoms with E-state index in [1.807, 2.05) is 12.1 Å². The number of methoxy groups -OCH3 is 1. The maximum Gasteiger partial charge on any atom is 0.387 e. The van der Waals surface area contributed by atoms with Crippen LogP contribution in [0, 0.1) is 0 Å². The molecule has 1 aromatic heterocycles. The minimum atomic E-state index is -3.00. The standard InChI is InChI=1S/C17H13F2NO4/c1-22-13-7-6-11(9-14(13)24-17(18)19)20-16(21)15-8-10-4-2-3-5-12(10)23-15/h2-9,17H,1H3,(H,20,21). The van der Waals surface area contributed by atoms with Gasteiger partial charge in [-0.15, -0.1) is 0 Å². The molecule has 2 aromatic carbocycles. The number of fused-ring (bicyclic) bond motifs is 1. The molecule has 1 heterocycles. The Morgan fingerprint density at radius 1 is 1.12 bits per heavy atom. The largest absolute Gasteiger partial charge is 0.493 e. The quantitative estimate of drug-likeness (QED) is 0.756. The molecule has 0 saturated carbocycles. The van der Waals surface area contributed by atoms with Crippen molar-refractivity contribution in [1.29, 1.82) is 0 Å². The van der Waals surface area contributed by atoms with Crippen molar-refractivity contribution in [3.8, 4) is 11.5 Å². The van der Waals surface area contributed by atoms with Crippen LogP contribution in [0.1, 0.15) is 10.6 Å². The molecule has 24 heavy (non-hydrogen) atoms. The number of carbonyl (C=O) groups is 1. The fourth-order valence-electron chi connectivity index (χ4n) is 2.23. The van der Waals surface area contributed by atoms with Gasteiger partial charge in [-0.05, 0) is 24.3 Å². The highest BCUT2D eigenvalue weighted by Gasteiger charge is 2.15. The normalized spacial score (nSPS) is 10.8. The monoisotopic (exact) mass is 333 g/mol. The summed E-state index contributed by atoms with van der Waals surface area (Å²) in [5.74, 6) is -0.422. The van der Waals surface area contributed by atoms with E-state index < -0.39 is 12.5 Å². The maximum atomic E-state index is 12.4. The molecule has 3 rings (SSSR count). The van der Waals surface area contributed by atoms with E-state index >= 15 is 0 Å². The summed E-state index contributed by atoms with van der Waals surface area (Å²) in [6, 6.07) is 13.0. The van der Waals surface area contributed by atoms with E-state index in [1.165, 1.54) is 25.3 Å². The van der Waals surface area contributed by atoms with E-state index in [0.717, 1.165) is 5.39 Å². The fourth-order valence-corrected chi connectivity index (χ4v) is 2.23.